The smallest absolute Gasteiger partial charge is 0.450 e. The second kappa shape index (κ2) is 17.2. The SMILES string of the molecule is CCCCCCCCCCCCCCOC(=O)O.N. The summed E-state index contributed by atoms with van der Waals surface area (Å²) in [4.78, 5) is 10.1. The zero-order valence-corrected chi connectivity index (χ0v) is 12.7. The molecule has 0 aromatic heterocycles. The van der Waals surface area contributed by atoms with E-state index in [-0.39, 0.29) is 6.15 Å². The van der Waals surface area contributed by atoms with Gasteiger partial charge in [0.25, 0.3) is 0 Å². The van der Waals surface area contributed by atoms with Crippen LogP contribution in [0.2, 0.25) is 0 Å². The average molecular weight is 275 g/mol. The van der Waals surface area contributed by atoms with Crippen LogP contribution in [0.4, 0.5) is 4.79 Å². The Labute approximate surface area is 118 Å². The maximum atomic E-state index is 10.1. The summed E-state index contributed by atoms with van der Waals surface area (Å²) < 4.78 is 4.45. The summed E-state index contributed by atoms with van der Waals surface area (Å²) in [6, 6.07) is 0. The summed E-state index contributed by atoms with van der Waals surface area (Å²) in [6.45, 7) is 2.61. The Morgan fingerprint density at radius 2 is 1.16 bits per heavy atom. The van der Waals surface area contributed by atoms with E-state index in [0.29, 0.717) is 6.61 Å². The van der Waals surface area contributed by atoms with Gasteiger partial charge in [0.1, 0.15) is 0 Å². The van der Waals surface area contributed by atoms with Gasteiger partial charge >= 0.3 is 6.16 Å². The summed E-state index contributed by atoms with van der Waals surface area (Å²) in [7, 11) is 0. The van der Waals surface area contributed by atoms with Crippen molar-refractivity contribution in [2.45, 2.75) is 84.0 Å². The number of ether oxygens (including phenoxy) is 1. The Hall–Kier alpha value is -0.770. The Bertz CT molecular complexity index is 186. The van der Waals surface area contributed by atoms with Crippen molar-refractivity contribution in [3.05, 3.63) is 0 Å². The quantitative estimate of drug-likeness (QED) is 0.341. The van der Waals surface area contributed by atoms with Crippen LogP contribution in [0.5, 0.6) is 0 Å². The van der Waals surface area contributed by atoms with Crippen molar-refractivity contribution in [1.29, 1.82) is 0 Å². The van der Waals surface area contributed by atoms with E-state index >= 15 is 0 Å². The van der Waals surface area contributed by atoms with Gasteiger partial charge in [-0.05, 0) is 6.42 Å². The van der Waals surface area contributed by atoms with E-state index in [4.69, 9.17) is 5.11 Å². The number of rotatable bonds is 13. The lowest BCUT2D eigenvalue weighted by Crippen LogP contribution is -2.01. The summed E-state index contributed by atoms with van der Waals surface area (Å²) in [5, 5.41) is 8.27. The minimum atomic E-state index is -1.15. The predicted octanol–water partition coefficient (Wildman–Crippen LogP) is 5.54. The number of carboxylic acid groups (broad SMARTS) is 1. The van der Waals surface area contributed by atoms with Gasteiger partial charge in [-0.3, -0.25) is 0 Å². The Kier molecular flexibility index (Phi) is 18.6. The highest BCUT2D eigenvalue weighted by Crippen LogP contribution is 2.11. The zero-order chi connectivity index (χ0) is 13.5. The van der Waals surface area contributed by atoms with E-state index in [1.807, 2.05) is 0 Å². The van der Waals surface area contributed by atoms with E-state index in [1.165, 1.54) is 64.2 Å². The molecular weight excluding hydrogens is 242 g/mol. The van der Waals surface area contributed by atoms with Gasteiger partial charge in [-0.1, -0.05) is 77.6 Å². The van der Waals surface area contributed by atoms with Crippen molar-refractivity contribution in [3.8, 4) is 0 Å². The van der Waals surface area contributed by atoms with E-state index < -0.39 is 6.16 Å². The largest absolute Gasteiger partial charge is 0.505 e. The van der Waals surface area contributed by atoms with Gasteiger partial charge in [0.15, 0.2) is 0 Å². The number of hydrogen-bond acceptors (Lipinski definition) is 3. The fourth-order valence-corrected chi connectivity index (χ4v) is 2.10. The molecule has 0 bridgehead atoms. The average Bonchev–Trinajstić information content (AvgIpc) is 2.34. The molecule has 0 heterocycles. The normalized spacial score (nSPS) is 9.95. The molecule has 0 saturated carbocycles. The van der Waals surface area contributed by atoms with Gasteiger partial charge in [-0.2, -0.15) is 0 Å². The maximum Gasteiger partial charge on any atom is 0.505 e. The molecule has 0 saturated heterocycles. The van der Waals surface area contributed by atoms with Crippen molar-refractivity contribution < 1.29 is 14.6 Å². The molecule has 116 valence electrons. The molecule has 0 rings (SSSR count). The Morgan fingerprint density at radius 1 is 0.789 bits per heavy atom. The molecule has 0 aliphatic heterocycles. The molecule has 0 aromatic rings. The first-order valence-corrected chi connectivity index (χ1v) is 7.63. The number of carbonyl (C=O) groups is 1. The third kappa shape index (κ3) is 19.7. The molecular formula is C15H33NO3. The third-order valence-electron chi connectivity index (χ3n) is 3.22. The second-order valence-corrected chi connectivity index (χ2v) is 5.00. The third-order valence-corrected chi connectivity index (χ3v) is 3.22. The Morgan fingerprint density at radius 3 is 1.53 bits per heavy atom. The highest BCUT2D eigenvalue weighted by molar-refractivity contribution is 5.56. The molecule has 0 spiro atoms. The van der Waals surface area contributed by atoms with Gasteiger partial charge in [-0.25, -0.2) is 4.79 Å². The van der Waals surface area contributed by atoms with Gasteiger partial charge in [-0.15, -0.1) is 0 Å². The van der Waals surface area contributed by atoms with Crippen LogP contribution >= 0.6 is 0 Å². The van der Waals surface area contributed by atoms with Gasteiger partial charge in [0.05, 0.1) is 6.61 Å². The van der Waals surface area contributed by atoms with Crippen LogP contribution in [0, 0.1) is 0 Å². The van der Waals surface area contributed by atoms with Crippen LogP contribution in [0.3, 0.4) is 0 Å². The summed E-state index contributed by atoms with van der Waals surface area (Å²) in [5.41, 5.74) is 0. The molecule has 4 heteroatoms. The molecule has 0 amide bonds. The van der Waals surface area contributed by atoms with Crippen molar-refractivity contribution in [1.82, 2.24) is 6.15 Å². The lowest BCUT2D eigenvalue weighted by molar-refractivity contribution is 0.0899. The van der Waals surface area contributed by atoms with Crippen LogP contribution in [-0.4, -0.2) is 17.9 Å². The van der Waals surface area contributed by atoms with E-state index in [0.717, 1.165) is 12.8 Å². The van der Waals surface area contributed by atoms with Crippen LogP contribution in [-0.2, 0) is 4.74 Å². The molecule has 19 heavy (non-hydrogen) atoms. The fraction of sp³-hybridized carbons (Fsp3) is 0.933. The summed E-state index contributed by atoms with van der Waals surface area (Å²) >= 11 is 0. The van der Waals surface area contributed by atoms with Crippen molar-refractivity contribution in [3.63, 3.8) is 0 Å². The van der Waals surface area contributed by atoms with Crippen LogP contribution in [0.25, 0.3) is 0 Å². The van der Waals surface area contributed by atoms with E-state index in [9.17, 15) is 4.79 Å². The lowest BCUT2D eigenvalue weighted by atomic mass is 10.1. The predicted molar refractivity (Wildman–Crippen MR) is 80.1 cm³/mol. The van der Waals surface area contributed by atoms with Gasteiger partial charge in [0, 0.05) is 0 Å². The first-order valence-electron chi connectivity index (χ1n) is 7.63. The zero-order valence-electron chi connectivity index (χ0n) is 12.7. The molecule has 4 N–H and O–H groups in total. The first-order chi connectivity index (χ1) is 8.77. The molecule has 0 radical (unpaired) electrons. The standard InChI is InChI=1S/C15H30O3.H3N/c1-2-3-4-5-6-7-8-9-10-11-12-13-14-18-15(16)17;/h2-14H2,1H3,(H,16,17);1H3. The topological polar surface area (TPSA) is 81.5 Å². The number of hydrogen-bond donors (Lipinski definition) is 2. The van der Waals surface area contributed by atoms with Crippen LogP contribution < -0.4 is 6.15 Å². The first kappa shape index (κ1) is 20.5. The highest BCUT2D eigenvalue weighted by atomic mass is 16.7. The number of unbranched alkanes of at least 4 members (excludes halogenated alkanes) is 11. The molecule has 4 nitrogen and oxygen atoms in total. The van der Waals surface area contributed by atoms with Crippen molar-refractivity contribution >= 4 is 6.16 Å². The Balaban J connectivity index is 0. The lowest BCUT2D eigenvalue weighted by Gasteiger charge is -2.02. The minimum absolute atomic E-state index is 0. The molecule has 0 aliphatic carbocycles. The molecule has 0 atom stereocenters. The van der Waals surface area contributed by atoms with E-state index in [2.05, 4.69) is 11.7 Å². The maximum absolute atomic E-state index is 10.1. The molecule has 0 aliphatic rings. The summed E-state index contributed by atoms with van der Waals surface area (Å²) in [5.74, 6) is 0. The van der Waals surface area contributed by atoms with Crippen molar-refractivity contribution in [2.24, 2.45) is 0 Å². The van der Waals surface area contributed by atoms with Crippen LogP contribution in [0.15, 0.2) is 0 Å². The van der Waals surface area contributed by atoms with Crippen molar-refractivity contribution in [2.75, 3.05) is 6.61 Å². The molecule has 0 aromatic carbocycles. The van der Waals surface area contributed by atoms with Crippen LogP contribution in [0.1, 0.15) is 84.0 Å². The monoisotopic (exact) mass is 275 g/mol. The minimum Gasteiger partial charge on any atom is -0.450 e. The van der Waals surface area contributed by atoms with Gasteiger partial charge in [0.2, 0.25) is 0 Å². The molecule has 0 unspecified atom stereocenters. The van der Waals surface area contributed by atoms with E-state index in [1.54, 1.807) is 0 Å². The summed E-state index contributed by atoms with van der Waals surface area (Å²) in [6.07, 6.45) is 14.3. The fourth-order valence-electron chi connectivity index (χ4n) is 2.10. The highest BCUT2D eigenvalue weighted by Gasteiger charge is 1.96. The second-order valence-electron chi connectivity index (χ2n) is 5.00. The van der Waals surface area contributed by atoms with Gasteiger partial charge < -0.3 is 16.0 Å². The molecule has 0 fully saturated rings.